The van der Waals surface area contributed by atoms with Gasteiger partial charge in [-0.1, -0.05) is 0 Å². The maximum Gasteiger partial charge on any atom is 0.346 e. The molecule has 2 aromatic heterocycles. The van der Waals surface area contributed by atoms with Gasteiger partial charge in [-0.25, -0.2) is 14.8 Å². The van der Waals surface area contributed by atoms with E-state index in [1.807, 2.05) is 0 Å². The van der Waals surface area contributed by atoms with Crippen molar-refractivity contribution in [2.24, 2.45) is 0 Å². The van der Waals surface area contributed by atoms with Crippen LogP contribution in [0.2, 0.25) is 0 Å². The minimum Gasteiger partial charge on any atom is -0.477 e. The van der Waals surface area contributed by atoms with E-state index in [4.69, 9.17) is 14.6 Å². The number of ether oxygens (including phenoxy) is 2. The van der Waals surface area contributed by atoms with E-state index in [1.54, 1.807) is 6.92 Å². The zero-order chi connectivity index (χ0) is 14.1. The van der Waals surface area contributed by atoms with Crippen molar-refractivity contribution in [3.05, 3.63) is 16.8 Å². The quantitative estimate of drug-likeness (QED) is 0.931. The summed E-state index contributed by atoms with van der Waals surface area (Å²) in [5.74, 6) is -0.512. The third kappa shape index (κ3) is 2.34. The molecule has 3 rings (SSSR count). The molecule has 0 amide bonds. The number of carboxylic acid groups (broad SMARTS) is 1. The van der Waals surface area contributed by atoms with Crippen LogP contribution in [0.1, 0.15) is 28.1 Å². The summed E-state index contributed by atoms with van der Waals surface area (Å²) in [6, 6.07) is 0. The Kier molecular flexibility index (Phi) is 3.54. The van der Waals surface area contributed by atoms with Crippen molar-refractivity contribution < 1.29 is 19.4 Å². The van der Waals surface area contributed by atoms with Crippen LogP contribution >= 0.6 is 11.3 Å². The van der Waals surface area contributed by atoms with Crippen molar-refractivity contribution in [3.8, 4) is 5.88 Å². The number of thiophene rings is 1. The average molecular weight is 294 g/mol. The van der Waals surface area contributed by atoms with Crippen LogP contribution in [-0.4, -0.2) is 40.4 Å². The number of hydrogen-bond donors (Lipinski definition) is 1. The lowest BCUT2D eigenvalue weighted by Crippen LogP contribution is -2.16. The highest BCUT2D eigenvalue weighted by Crippen LogP contribution is 2.34. The number of aromatic carboxylic acids is 1. The van der Waals surface area contributed by atoms with Crippen molar-refractivity contribution in [2.45, 2.75) is 25.9 Å². The van der Waals surface area contributed by atoms with Crippen molar-refractivity contribution in [2.75, 3.05) is 13.2 Å². The van der Waals surface area contributed by atoms with Crippen LogP contribution in [0.3, 0.4) is 0 Å². The molecule has 20 heavy (non-hydrogen) atoms. The number of hydrogen-bond acceptors (Lipinski definition) is 6. The molecule has 1 aliphatic heterocycles. The SMILES string of the molecule is Cc1c(C(=O)O)sc2ncnc(OCC3CCCO3)c12. The molecule has 1 N–H and O–H groups in total. The largest absolute Gasteiger partial charge is 0.477 e. The molecular weight excluding hydrogens is 280 g/mol. The highest BCUT2D eigenvalue weighted by atomic mass is 32.1. The number of aromatic nitrogens is 2. The molecule has 106 valence electrons. The van der Waals surface area contributed by atoms with E-state index in [0.29, 0.717) is 28.3 Å². The van der Waals surface area contributed by atoms with Gasteiger partial charge in [0.2, 0.25) is 5.88 Å². The topological polar surface area (TPSA) is 81.5 Å². The van der Waals surface area contributed by atoms with Crippen molar-refractivity contribution in [3.63, 3.8) is 0 Å². The Labute approximate surface area is 119 Å². The molecule has 3 heterocycles. The van der Waals surface area contributed by atoms with Gasteiger partial charge in [-0.2, -0.15) is 0 Å². The third-order valence-corrected chi connectivity index (χ3v) is 4.50. The molecular formula is C13H14N2O4S. The summed E-state index contributed by atoms with van der Waals surface area (Å²) in [6.45, 7) is 2.96. The van der Waals surface area contributed by atoms with Gasteiger partial charge in [-0.05, 0) is 25.3 Å². The van der Waals surface area contributed by atoms with Gasteiger partial charge in [-0.15, -0.1) is 11.3 Å². The van der Waals surface area contributed by atoms with Crippen molar-refractivity contribution in [1.29, 1.82) is 0 Å². The van der Waals surface area contributed by atoms with Crippen LogP contribution in [0.5, 0.6) is 5.88 Å². The molecule has 7 heteroatoms. The minimum absolute atomic E-state index is 0.0953. The Morgan fingerprint density at radius 2 is 2.45 bits per heavy atom. The normalized spacial score (nSPS) is 18.6. The average Bonchev–Trinajstić information content (AvgIpc) is 3.05. The van der Waals surface area contributed by atoms with Crippen LogP contribution in [0.4, 0.5) is 0 Å². The first kappa shape index (κ1) is 13.3. The zero-order valence-corrected chi connectivity index (χ0v) is 11.8. The Balaban J connectivity index is 1.91. The second-order valence-electron chi connectivity index (χ2n) is 4.67. The summed E-state index contributed by atoms with van der Waals surface area (Å²) in [5.41, 5.74) is 0.653. The lowest BCUT2D eigenvalue weighted by atomic mass is 10.2. The Morgan fingerprint density at radius 3 is 3.15 bits per heavy atom. The Bertz CT molecular complexity index is 649. The molecule has 0 spiro atoms. The first-order chi connectivity index (χ1) is 9.66. The molecule has 1 aliphatic rings. The Morgan fingerprint density at radius 1 is 1.60 bits per heavy atom. The van der Waals surface area contributed by atoms with Crippen LogP contribution in [0, 0.1) is 6.92 Å². The Hall–Kier alpha value is -1.73. The van der Waals surface area contributed by atoms with E-state index in [-0.39, 0.29) is 11.0 Å². The summed E-state index contributed by atoms with van der Waals surface area (Å²) in [4.78, 5) is 20.3. The van der Waals surface area contributed by atoms with Gasteiger partial charge in [-0.3, -0.25) is 0 Å². The van der Waals surface area contributed by atoms with E-state index in [2.05, 4.69) is 9.97 Å². The van der Waals surface area contributed by atoms with Gasteiger partial charge in [0.25, 0.3) is 0 Å². The van der Waals surface area contributed by atoms with Gasteiger partial charge in [0.15, 0.2) is 0 Å². The molecule has 0 saturated carbocycles. The lowest BCUT2D eigenvalue weighted by molar-refractivity contribution is 0.0668. The van der Waals surface area contributed by atoms with Gasteiger partial charge in [0.05, 0.1) is 11.5 Å². The molecule has 0 bridgehead atoms. The molecule has 0 aromatic carbocycles. The number of carboxylic acids is 1. The van der Waals surface area contributed by atoms with Crippen LogP contribution in [0.15, 0.2) is 6.33 Å². The second kappa shape index (κ2) is 5.34. The van der Waals surface area contributed by atoms with E-state index in [1.165, 1.54) is 6.33 Å². The summed E-state index contributed by atoms with van der Waals surface area (Å²) < 4.78 is 11.2. The summed E-state index contributed by atoms with van der Waals surface area (Å²) in [7, 11) is 0. The fourth-order valence-corrected chi connectivity index (χ4v) is 3.28. The van der Waals surface area contributed by atoms with Crippen LogP contribution in [0.25, 0.3) is 10.2 Å². The molecule has 6 nitrogen and oxygen atoms in total. The van der Waals surface area contributed by atoms with Crippen molar-refractivity contribution >= 4 is 27.5 Å². The maximum atomic E-state index is 11.2. The van der Waals surface area contributed by atoms with E-state index < -0.39 is 5.97 Å². The van der Waals surface area contributed by atoms with Crippen LogP contribution in [-0.2, 0) is 4.74 Å². The molecule has 0 radical (unpaired) electrons. The van der Waals surface area contributed by atoms with Crippen LogP contribution < -0.4 is 4.74 Å². The van der Waals surface area contributed by atoms with Gasteiger partial charge in [0.1, 0.15) is 22.6 Å². The molecule has 1 atom stereocenters. The van der Waals surface area contributed by atoms with E-state index in [0.717, 1.165) is 30.8 Å². The first-order valence-corrected chi connectivity index (χ1v) is 7.20. The molecule has 1 unspecified atom stereocenters. The van der Waals surface area contributed by atoms with Gasteiger partial charge in [0, 0.05) is 6.61 Å². The summed E-state index contributed by atoms with van der Waals surface area (Å²) in [5, 5.41) is 9.85. The summed E-state index contributed by atoms with van der Waals surface area (Å²) in [6.07, 6.45) is 3.53. The lowest BCUT2D eigenvalue weighted by Gasteiger charge is -2.11. The summed E-state index contributed by atoms with van der Waals surface area (Å²) >= 11 is 1.14. The molecule has 2 aromatic rings. The highest BCUT2D eigenvalue weighted by molar-refractivity contribution is 7.20. The number of carbonyl (C=O) groups is 1. The minimum atomic E-state index is -0.949. The highest BCUT2D eigenvalue weighted by Gasteiger charge is 2.21. The number of aryl methyl sites for hydroxylation is 1. The fourth-order valence-electron chi connectivity index (χ4n) is 2.30. The molecule has 0 aliphatic carbocycles. The van der Waals surface area contributed by atoms with E-state index in [9.17, 15) is 4.79 Å². The van der Waals surface area contributed by atoms with Gasteiger partial charge >= 0.3 is 5.97 Å². The number of nitrogens with zero attached hydrogens (tertiary/aromatic N) is 2. The maximum absolute atomic E-state index is 11.2. The number of fused-ring (bicyclic) bond motifs is 1. The third-order valence-electron chi connectivity index (χ3n) is 3.32. The monoisotopic (exact) mass is 294 g/mol. The van der Waals surface area contributed by atoms with E-state index >= 15 is 0 Å². The predicted octanol–water partition coefficient (Wildman–Crippen LogP) is 2.26. The van der Waals surface area contributed by atoms with Crippen molar-refractivity contribution in [1.82, 2.24) is 9.97 Å². The molecule has 1 fully saturated rings. The standard InChI is InChI=1S/C13H14N2O4S/c1-7-9-11(19-5-8-3-2-4-18-8)14-6-15-12(9)20-10(7)13(16)17/h6,8H,2-5H2,1H3,(H,16,17). The predicted molar refractivity (Wildman–Crippen MR) is 73.6 cm³/mol. The van der Waals surface area contributed by atoms with Gasteiger partial charge < -0.3 is 14.6 Å². The smallest absolute Gasteiger partial charge is 0.346 e. The molecule has 1 saturated heterocycles. The zero-order valence-electron chi connectivity index (χ0n) is 11.0. The fraction of sp³-hybridized carbons (Fsp3) is 0.462. The number of rotatable bonds is 4. The second-order valence-corrected chi connectivity index (χ2v) is 5.67. The first-order valence-electron chi connectivity index (χ1n) is 6.38.